The van der Waals surface area contributed by atoms with Gasteiger partial charge < -0.3 is 25.6 Å². The molecule has 0 bridgehead atoms. The molecular weight excluding hydrogens is 282 g/mol. The number of anilines is 2. The highest BCUT2D eigenvalue weighted by Crippen LogP contribution is 2.41. The molecule has 0 aromatic heterocycles. The normalized spacial score (nSPS) is 26.7. The van der Waals surface area contributed by atoms with Gasteiger partial charge in [-0.15, -0.1) is 0 Å². The summed E-state index contributed by atoms with van der Waals surface area (Å²) in [4.78, 5) is 0. The first-order valence-electron chi connectivity index (χ1n) is 7.58. The number of hydrogen-bond donors (Lipinski definition) is 3. The van der Waals surface area contributed by atoms with Gasteiger partial charge in [-0.05, 0) is 31.0 Å². The van der Waals surface area contributed by atoms with Crippen LogP contribution in [0.2, 0.25) is 0 Å². The number of nitrogens with two attached hydrogens (primary N) is 1. The second kappa shape index (κ2) is 5.76. The molecular formula is C16H21N3O3. The van der Waals surface area contributed by atoms with E-state index in [1.807, 2.05) is 0 Å². The average molecular weight is 303 g/mol. The summed E-state index contributed by atoms with van der Waals surface area (Å²) in [6.45, 7) is 1.52. The third-order valence-electron chi connectivity index (χ3n) is 4.40. The van der Waals surface area contributed by atoms with Crippen LogP contribution in [0.1, 0.15) is 31.2 Å². The van der Waals surface area contributed by atoms with Crippen LogP contribution >= 0.6 is 0 Å². The Labute approximate surface area is 129 Å². The molecule has 3 rings (SSSR count). The summed E-state index contributed by atoms with van der Waals surface area (Å²) in [6.07, 6.45) is 2.81. The Hall–Kier alpha value is -1.81. The number of nitrogen functional groups attached to an aromatic ring is 1. The molecule has 1 atom stereocenters. The lowest BCUT2D eigenvalue weighted by atomic mass is 9.80. The molecule has 0 radical (unpaired) electrons. The highest BCUT2D eigenvalue weighted by atomic mass is 16.7. The van der Waals surface area contributed by atoms with Crippen LogP contribution in [0.4, 0.5) is 11.4 Å². The zero-order chi connectivity index (χ0) is 15.6. The first-order valence-corrected chi connectivity index (χ1v) is 7.58. The van der Waals surface area contributed by atoms with Crippen LogP contribution in [0.3, 0.4) is 0 Å². The van der Waals surface area contributed by atoms with Gasteiger partial charge in [0.2, 0.25) is 0 Å². The van der Waals surface area contributed by atoms with Crippen molar-refractivity contribution in [2.45, 2.75) is 37.1 Å². The van der Waals surface area contributed by atoms with Crippen molar-refractivity contribution >= 4 is 11.4 Å². The summed E-state index contributed by atoms with van der Waals surface area (Å²) < 4.78 is 11.4. The molecule has 1 aliphatic carbocycles. The molecule has 1 spiro atoms. The van der Waals surface area contributed by atoms with Crippen LogP contribution in [0.5, 0.6) is 0 Å². The molecule has 0 amide bonds. The SMILES string of the molecule is N#Cc1ccc(N)c(NC[C@@]2(O)CCCC3(C2)OCCO3)c1. The van der Waals surface area contributed by atoms with E-state index >= 15 is 0 Å². The molecule has 1 aliphatic heterocycles. The second-order valence-corrected chi connectivity index (χ2v) is 6.13. The third-order valence-corrected chi connectivity index (χ3v) is 4.40. The van der Waals surface area contributed by atoms with Crippen molar-refractivity contribution in [3.05, 3.63) is 23.8 Å². The zero-order valence-corrected chi connectivity index (χ0v) is 12.5. The van der Waals surface area contributed by atoms with Gasteiger partial charge in [-0.2, -0.15) is 5.26 Å². The van der Waals surface area contributed by atoms with Gasteiger partial charge in [0.1, 0.15) is 0 Å². The van der Waals surface area contributed by atoms with Gasteiger partial charge in [0, 0.05) is 19.4 Å². The van der Waals surface area contributed by atoms with E-state index in [1.54, 1.807) is 18.2 Å². The minimum Gasteiger partial charge on any atom is -0.397 e. The largest absolute Gasteiger partial charge is 0.397 e. The molecule has 4 N–H and O–H groups in total. The maximum Gasteiger partial charge on any atom is 0.171 e. The van der Waals surface area contributed by atoms with Gasteiger partial charge in [0.25, 0.3) is 0 Å². The van der Waals surface area contributed by atoms with Crippen molar-refractivity contribution in [2.75, 3.05) is 30.8 Å². The lowest BCUT2D eigenvalue weighted by Crippen LogP contribution is -2.50. The molecule has 1 saturated carbocycles. The fraction of sp³-hybridized carbons (Fsp3) is 0.562. The van der Waals surface area contributed by atoms with E-state index < -0.39 is 11.4 Å². The van der Waals surface area contributed by atoms with Gasteiger partial charge in [-0.1, -0.05) is 0 Å². The highest BCUT2D eigenvalue weighted by molar-refractivity contribution is 5.68. The summed E-state index contributed by atoms with van der Waals surface area (Å²) in [6, 6.07) is 7.14. The third kappa shape index (κ3) is 3.02. The monoisotopic (exact) mass is 303 g/mol. The Kier molecular flexibility index (Phi) is 3.96. The Morgan fingerprint density at radius 1 is 1.32 bits per heavy atom. The van der Waals surface area contributed by atoms with Crippen molar-refractivity contribution in [1.29, 1.82) is 5.26 Å². The molecule has 1 aromatic rings. The highest BCUT2D eigenvalue weighted by Gasteiger charge is 2.47. The predicted octanol–water partition coefficient (Wildman–Crippen LogP) is 1.60. The van der Waals surface area contributed by atoms with Gasteiger partial charge in [0.15, 0.2) is 5.79 Å². The zero-order valence-electron chi connectivity index (χ0n) is 12.5. The summed E-state index contributed by atoms with van der Waals surface area (Å²) in [7, 11) is 0. The maximum absolute atomic E-state index is 10.8. The fourth-order valence-electron chi connectivity index (χ4n) is 3.30. The molecule has 1 saturated heterocycles. The molecule has 22 heavy (non-hydrogen) atoms. The van der Waals surface area contributed by atoms with E-state index in [0.29, 0.717) is 49.5 Å². The molecule has 2 fully saturated rings. The van der Waals surface area contributed by atoms with Crippen LogP contribution in [0.15, 0.2) is 18.2 Å². The van der Waals surface area contributed by atoms with Crippen LogP contribution in [0.25, 0.3) is 0 Å². The number of ether oxygens (including phenoxy) is 2. The minimum atomic E-state index is -0.905. The van der Waals surface area contributed by atoms with Crippen molar-refractivity contribution < 1.29 is 14.6 Å². The minimum absolute atomic E-state index is 0.348. The number of aliphatic hydroxyl groups is 1. The number of nitrogens with one attached hydrogen (secondary N) is 1. The van der Waals surface area contributed by atoms with Gasteiger partial charge in [0.05, 0.1) is 41.8 Å². The lowest BCUT2D eigenvalue weighted by Gasteiger charge is -2.42. The van der Waals surface area contributed by atoms with E-state index in [2.05, 4.69) is 11.4 Å². The van der Waals surface area contributed by atoms with Crippen LogP contribution in [-0.4, -0.2) is 36.3 Å². The van der Waals surface area contributed by atoms with Gasteiger partial charge in [-0.25, -0.2) is 0 Å². The van der Waals surface area contributed by atoms with Crippen LogP contribution < -0.4 is 11.1 Å². The van der Waals surface area contributed by atoms with Crippen LogP contribution in [0, 0.1) is 11.3 Å². The number of nitriles is 1. The molecule has 6 heteroatoms. The van der Waals surface area contributed by atoms with Crippen molar-refractivity contribution in [1.82, 2.24) is 0 Å². The Morgan fingerprint density at radius 3 is 2.82 bits per heavy atom. The van der Waals surface area contributed by atoms with E-state index in [1.165, 1.54) is 0 Å². The van der Waals surface area contributed by atoms with Gasteiger partial charge >= 0.3 is 0 Å². The molecule has 2 aliphatic rings. The van der Waals surface area contributed by atoms with E-state index in [0.717, 1.165) is 12.8 Å². The van der Waals surface area contributed by atoms with Crippen LogP contribution in [-0.2, 0) is 9.47 Å². The number of benzene rings is 1. The standard InChI is InChI=1S/C16H21N3O3/c17-9-12-2-3-13(18)14(8-12)19-11-15(20)4-1-5-16(10-15)21-6-7-22-16/h2-3,8,19-20H,1,4-7,10-11,18H2/t15-/m1/s1. The molecule has 1 aromatic carbocycles. The summed E-state index contributed by atoms with van der Waals surface area (Å²) in [5, 5.41) is 23.0. The maximum atomic E-state index is 10.8. The first kappa shape index (κ1) is 15.1. The number of nitrogens with zero attached hydrogens (tertiary/aromatic N) is 1. The summed E-state index contributed by atoms with van der Waals surface area (Å²) in [5.74, 6) is -0.630. The summed E-state index contributed by atoms with van der Waals surface area (Å²) >= 11 is 0. The lowest BCUT2D eigenvalue weighted by molar-refractivity contribution is -0.214. The smallest absolute Gasteiger partial charge is 0.171 e. The number of hydrogen-bond acceptors (Lipinski definition) is 6. The Bertz CT molecular complexity index is 593. The Morgan fingerprint density at radius 2 is 2.09 bits per heavy atom. The van der Waals surface area contributed by atoms with E-state index in [9.17, 15) is 5.11 Å². The fourth-order valence-corrected chi connectivity index (χ4v) is 3.30. The quantitative estimate of drug-likeness (QED) is 0.733. The topological polar surface area (TPSA) is 101 Å². The Balaban J connectivity index is 1.69. The number of rotatable bonds is 3. The van der Waals surface area contributed by atoms with E-state index in [-0.39, 0.29) is 0 Å². The first-order chi connectivity index (χ1) is 10.5. The average Bonchev–Trinajstić information content (AvgIpc) is 2.94. The van der Waals surface area contributed by atoms with Gasteiger partial charge in [-0.3, -0.25) is 0 Å². The second-order valence-electron chi connectivity index (χ2n) is 6.13. The van der Waals surface area contributed by atoms with Crippen molar-refractivity contribution in [2.24, 2.45) is 0 Å². The molecule has 118 valence electrons. The van der Waals surface area contributed by atoms with Crippen molar-refractivity contribution in [3.63, 3.8) is 0 Å². The predicted molar refractivity (Wildman–Crippen MR) is 82.1 cm³/mol. The molecule has 1 heterocycles. The van der Waals surface area contributed by atoms with E-state index in [4.69, 9.17) is 20.5 Å². The molecule has 0 unspecified atom stereocenters. The molecule has 6 nitrogen and oxygen atoms in total. The summed E-state index contributed by atoms with van der Waals surface area (Å²) in [5.41, 5.74) is 6.77. The van der Waals surface area contributed by atoms with Crippen molar-refractivity contribution in [3.8, 4) is 6.07 Å².